The number of aromatic nitrogens is 2. The van der Waals surface area contributed by atoms with Crippen LogP contribution in [0.25, 0.3) is 5.52 Å². The molecular weight excluding hydrogens is 234 g/mol. The Morgan fingerprint density at radius 1 is 1.47 bits per heavy atom. The second-order valence-electron chi connectivity index (χ2n) is 4.77. The molecule has 0 amide bonds. The number of nitrogens with one attached hydrogen (secondary N) is 1. The van der Waals surface area contributed by atoms with Crippen LogP contribution in [0.1, 0.15) is 30.1 Å². The van der Waals surface area contributed by atoms with E-state index in [1.54, 1.807) is 0 Å². The highest BCUT2D eigenvalue weighted by Crippen LogP contribution is 2.27. The molecular formula is C13H16ClN3. The Bertz CT molecular complexity index is 541. The Hall–Kier alpha value is -1.06. The van der Waals surface area contributed by atoms with Crippen molar-refractivity contribution in [1.82, 2.24) is 14.7 Å². The second kappa shape index (κ2) is 4.31. The number of hydrogen-bond donors (Lipinski definition) is 1. The maximum Gasteiger partial charge on any atom is 0.155 e. The van der Waals surface area contributed by atoms with Crippen LogP contribution >= 0.6 is 11.6 Å². The zero-order chi connectivity index (χ0) is 11.8. The maximum atomic E-state index is 6.20. The third kappa shape index (κ3) is 1.94. The van der Waals surface area contributed by atoms with Crippen LogP contribution < -0.4 is 5.32 Å². The van der Waals surface area contributed by atoms with Crippen LogP contribution in [0.4, 0.5) is 0 Å². The highest BCUT2D eigenvalue weighted by Gasteiger charge is 2.21. The molecule has 2 aromatic heterocycles. The lowest BCUT2D eigenvalue weighted by Crippen LogP contribution is -2.29. The topological polar surface area (TPSA) is 29.3 Å². The summed E-state index contributed by atoms with van der Waals surface area (Å²) in [5.41, 5.74) is 2.24. The van der Waals surface area contributed by atoms with E-state index in [1.807, 2.05) is 6.07 Å². The van der Waals surface area contributed by atoms with Gasteiger partial charge in [-0.15, -0.1) is 0 Å². The summed E-state index contributed by atoms with van der Waals surface area (Å²) in [7, 11) is 0. The van der Waals surface area contributed by atoms with E-state index >= 15 is 0 Å². The van der Waals surface area contributed by atoms with Gasteiger partial charge in [-0.05, 0) is 37.9 Å². The molecule has 1 N–H and O–H groups in total. The van der Waals surface area contributed by atoms with E-state index in [0.29, 0.717) is 11.1 Å². The van der Waals surface area contributed by atoms with Gasteiger partial charge < -0.3 is 9.72 Å². The zero-order valence-electron chi connectivity index (χ0n) is 9.91. The van der Waals surface area contributed by atoms with Crippen molar-refractivity contribution in [3.63, 3.8) is 0 Å². The van der Waals surface area contributed by atoms with Gasteiger partial charge in [-0.1, -0.05) is 17.7 Å². The quantitative estimate of drug-likeness (QED) is 0.842. The van der Waals surface area contributed by atoms with Gasteiger partial charge in [0.05, 0.1) is 5.52 Å². The first kappa shape index (κ1) is 11.1. The molecule has 1 atom stereocenters. The van der Waals surface area contributed by atoms with Gasteiger partial charge in [-0.2, -0.15) is 0 Å². The Labute approximate surface area is 106 Å². The fourth-order valence-electron chi connectivity index (χ4n) is 2.54. The second-order valence-corrected chi connectivity index (χ2v) is 5.12. The number of fused-ring (bicyclic) bond motifs is 1. The minimum Gasteiger partial charge on any atom is -0.316 e. The molecule has 1 aliphatic heterocycles. The van der Waals surface area contributed by atoms with Crippen molar-refractivity contribution in [2.75, 3.05) is 13.1 Å². The largest absolute Gasteiger partial charge is 0.316 e. The van der Waals surface area contributed by atoms with Crippen LogP contribution in [0.5, 0.6) is 0 Å². The summed E-state index contributed by atoms with van der Waals surface area (Å²) in [4.78, 5) is 4.54. The van der Waals surface area contributed by atoms with E-state index in [1.165, 1.54) is 18.4 Å². The van der Waals surface area contributed by atoms with Crippen LogP contribution in [-0.4, -0.2) is 22.5 Å². The lowest BCUT2D eigenvalue weighted by Gasteiger charge is -2.21. The summed E-state index contributed by atoms with van der Waals surface area (Å²) < 4.78 is 2.15. The van der Waals surface area contributed by atoms with E-state index in [9.17, 15) is 0 Å². The third-order valence-electron chi connectivity index (χ3n) is 3.43. The molecule has 0 radical (unpaired) electrons. The molecule has 1 fully saturated rings. The number of rotatable bonds is 1. The number of halogens is 1. The molecule has 3 nitrogen and oxygen atoms in total. The molecule has 3 rings (SSSR count). The van der Waals surface area contributed by atoms with Crippen molar-refractivity contribution in [1.29, 1.82) is 0 Å². The van der Waals surface area contributed by atoms with Gasteiger partial charge >= 0.3 is 0 Å². The molecule has 0 bridgehead atoms. The number of hydrogen-bond acceptors (Lipinski definition) is 2. The molecule has 0 saturated carbocycles. The lowest BCUT2D eigenvalue weighted by atomic mass is 9.99. The molecule has 1 unspecified atom stereocenters. The van der Waals surface area contributed by atoms with E-state index in [4.69, 9.17) is 11.6 Å². The van der Waals surface area contributed by atoms with E-state index in [-0.39, 0.29) is 0 Å². The standard InChI is InChI=1S/C13H16ClN3/c1-9-4-5-11-12(14)16-13(17(11)8-9)10-3-2-6-15-7-10/h4-5,8,10,15H,2-3,6-7H2,1H3. The molecule has 17 heavy (non-hydrogen) atoms. The van der Waals surface area contributed by atoms with Crippen LogP contribution in [0, 0.1) is 6.92 Å². The van der Waals surface area contributed by atoms with Crippen molar-refractivity contribution >= 4 is 17.1 Å². The van der Waals surface area contributed by atoms with Gasteiger partial charge in [0.15, 0.2) is 5.15 Å². The molecule has 0 aromatic carbocycles. The van der Waals surface area contributed by atoms with Crippen LogP contribution in [-0.2, 0) is 0 Å². The molecule has 90 valence electrons. The van der Waals surface area contributed by atoms with Crippen molar-refractivity contribution in [2.24, 2.45) is 0 Å². The zero-order valence-corrected chi connectivity index (χ0v) is 10.7. The summed E-state index contributed by atoms with van der Waals surface area (Å²) in [5, 5.41) is 4.04. The van der Waals surface area contributed by atoms with Gasteiger partial charge in [0.2, 0.25) is 0 Å². The highest BCUT2D eigenvalue weighted by molar-refractivity contribution is 6.32. The number of aryl methyl sites for hydroxylation is 1. The summed E-state index contributed by atoms with van der Waals surface area (Å²) in [6.45, 7) is 4.21. The molecule has 1 saturated heterocycles. The minimum atomic E-state index is 0.477. The number of imidazole rings is 1. The molecule has 3 heterocycles. The van der Waals surface area contributed by atoms with Gasteiger partial charge in [-0.25, -0.2) is 4.98 Å². The Morgan fingerprint density at radius 3 is 3.12 bits per heavy atom. The molecule has 2 aromatic rings. The average Bonchev–Trinajstić information content (AvgIpc) is 2.67. The summed E-state index contributed by atoms with van der Waals surface area (Å²) in [5.74, 6) is 1.58. The molecule has 0 aliphatic carbocycles. The van der Waals surface area contributed by atoms with E-state index in [0.717, 1.165) is 24.4 Å². The smallest absolute Gasteiger partial charge is 0.155 e. The first-order valence-corrected chi connectivity index (χ1v) is 6.48. The van der Waals surface area contributed by atoms with Crippen molar-refractivity contribution in [2.45, 2.75) is 25.7 Å². The summed E-state index contributed by atoms with van der Waals surface area (Å²) in [6, 6.07) is 4.12. The third-order valence-corrected chi connectivity index (χ3v) is 3.71. The Kier molecular flexibility index (Phi) is 2.81. The van der Waals surface area contributed by atoms with Gasteiger partial charge in [0, 0.05) is 18.7 Å². The van der Waals surface area contributed by atoms with Crippen molar-refractivity contribution in [3.05, 3.63) is 34.9 Å². The average molecular weight is 250 g/mol. The number of nitrogens with zero attached hydrogens (tertiary/aromatic N) is 2. The summed E-state index contributed by atoms with van der Waals surface area (Å²) >= 11 is 6.20. The SMILES string of the molecule is Cc1ccc2c(Cl)nc(C3CCCNC3)n2c1. The van der Waals surface area contributed by atoms with Gasteiger partial charge in [-0.3, -0.25) is 0 Å². The number of piperidine rings is 1. The molecule has 4 heteroatoms. The van der Waals surface area contributed by atoms with Crippen LogP contribution in [0.3, 0.4) is 0 Å². The predicted molar refractivity (Wildman–Crippen MR) is 69.8 cm³/mol. The van der Waals surface area contributed by atoms with E-state index < -0.39 is 0 Å². The maximum absolute atomic E-state index is 6.20. The monoisotopic (exact) mass is 249 g/mol. The van der Waals surface area contributed by atoms with Crippen LogP contribution in [0.2, 0.25) is 5.15 Å². The van der Waals surface area contributed by atoms with Crippen molar-refractivity contribution < 1.29 is 0 Å². The van der Waals surface area contributed by atoms with Gasteiger partial charge in [0.1, 0.15) is 5.82 Å². The van der Waals surface area contributed by atoms with Crippen LogP contribution in [0.15, 0.2) is 18.3 Å². The molecule has 1 aliphatic rings. The normalized spacial score (nSPS) is 20.9. The van der Waals surface area contributed by atoms with Gasteiger partial charge in [0.25, 0.3) is 0 Å². The lowest BCUT2D eigenvalue weighted by molar-refractivity contribution is 0.445. The predicted octanol–water partition coefficient (Wildman–Crippen LogP) is 2.76. The van der Waals surface area contributed by atoms with E-state index in [2.05, 4.69) is 33.9 Å². The highest BCUT2D eigenvalue weighted by atomic mass is 35.5. The fraction of sp³-hybridized carbons (Fsp3) is 0.462. The summed E-state index contributed by atoms with van der Waals surface area (Å²) in [6.07, 6.45) is 4.53. The van der Waals surface area contributed by atoms with Crippen molar-refractivity contribution in [3.8, 4) is 0 Å². The first-order chi connectivity index (χ1) is 8.25. The molecule has 0 spiro atoms. The minimum absolute atomic E-state index is 0.477. The Morgan fingerprint density at radius 2 is 2.35 bits per heavy atom. The number of pyridine rings is 1. The fourth-order valence-corrected chi connectivity index (χ4v) is 2.78. The Balaban J connectivity index is 2.11. The first-order valence-electron chi connectivity index (χ1n) is 6.10.